The smallest absolute Gasteiger partial charge is 0.225 e. The summed E-state index contributed by atoms with van der Waals surface area (Å²) in [6.07, 6.45) is 7.35. The van der Waals surface area contributed by atoms with Crippen LogP contribution in [0.3, 0.4) is 0 Å². The second kappa shape index (κ2) is 7.95. The second-order valence-corrected chi connectivity index (χ2v) is 6.91. The quantitative estimate of drug-likeness (QED) is 0.736. The van der Waals surface area contributed by atoms with Crippen LogP contribution in [-0.2, 0) is 9.59 Å². The Labute approximate surface area is 133 Å². The second-order valence-electron chi connectivity index (χ2n) is 6.91. The fourth-order valence-electron chi connectivity index (χ4n) is 3.53. The third kappa shape index (κ3) is 4.70. The molecule has 5 heteroatoms. The zero-order valence-corrected chi connectivity index (χ0v) is 13.8. The Balaban J connectivity index is 1.72. The maximum atomic E-state index is 12.3. The molecule has 0 aromatic heterocycles. The van der Waals surface area contributed by atoms with Crippen molar-refractivity contribution in [2.45, 2.75) is 70.3 Å². The first-order valence-electron chi connectivity index (χ1n) is 8.82. The first-order chi connectivity index (χ1) is 10.5. The number of hydrogen-bond acceptors (Lipinski definition) is 3. The lowest BCUT2D eigenvalue weighted by Crippen LogP contribution is -2.45. The number of unbranched alkanes of at least 4 members (excludes halogenated alkanes) is 1. The summed E-state index contributed by atoms with van der Waals surface area (Å²) in [5, 5.41) is 13.3. The number of nitrogens with zero attached hydrogens (tertiary/aromatic N) is 1. The molecule has 0 unspecified atom stereocenters. The van der Waals surface area contributed by atoms with E-state index in [-0.39, 0.29) is 24.2 Å². The van der Waals surface area contributed by atoms with Crippen molar-refractivity contribution in [3.63, 3.8) is 0 Å². The SMILES string of the molecule is CCCCNC(=O)C1CCN(C(=O)CC2(O)CCCC2)CC1. The van der Waals surface area contributed by atoms with Gasteiger partial charge in [0.15, 0.2) is 0 Å². The van der Waals surface area contributed by atoms with Crippen LogP contribution < -0.4 is 5.32 Å². The van der Waals surface area contributed by atoms with E-state index in [0.29, 0.717) is 13.1 Å². The summed E-state index contributed by atoms with van der Waals surface area (Å²) in [5.41, 5.74) is -0.772. The topological polar surface area (TPSA) is 69.6 Å². The predicted molar refractivity (Wildman–Crippen MR) is 85.3 cm³/mol. The molecule has 0 aromatic carbocycles. The molecule has 5 nitrogen and oxygen atoms in total. The molecule has 126 valence electrons. The highest BCUT2D eigenvalue weighted by Crippen LogP contribution is 2.33. The Morgan fingerprint density at radius 2 is 1.86 bits per heavy atom. The van der Waals surface area contributed by atoms with Gasteiger partial charge in [-0.2, -0.15) is 0 Å². The maximum Gasteiger partial charge on any atom is 0.225 e. The van der Waals surface area contributed by atoms with Crippen LogP contribution in [0.25, 0.3) is 0 Å². The molecule has 2 aliphatic rings. The molecule has 0 aromatic rings. The molecule has 1 heterocycles. The summed E-state index contributed by atoms with van der Waals surface area (Å²) in [6.45, 7) is 4.14. The first-order valence-corrected chi connectivity index (χ1v) is 8.82. The zero-order chi connectivity index (χ0) is 16.0. The van der Waals surface area contributed by atoms with Crippen molar-refractivity contribution in [1.29, 1.82) is 0 Å². The van der Waals surface area contributed by atoms with Crippen molar-refractivity contribution >= 4 is 11.8 Å². The number of amides is 2. The zero-order valence-electron chi connectivity index (χ0n) is 13.8. The molecule has 0 atom stereocenters. The van der Waals surface area contributed by atoms with Crippen LogP contribution in [0, 0.1) is 5.92 Å². The summed E-state index contributed by atoms with van der Waals surface area (Å²) in [6, 6.07) is 0. The van der Waals surface area contributed by atoms with Crippen molar-refractivity contribution < 1.29 is 14.7 Å². The highest BCUT2D eigenvalue weighted by atomic mass is 16.3. The number of hydrogen-bond donors (Lipinski definition) is 2. The van der Waals surface area contributed by atoms with E-state index in [1.165, 1.54) is 0 Å². The van der Waals surface area contributed by atoms with Gasteiger partial charge in [-0.3, -0.25) is 9.59 Å². The Bertz CT molecular complexity index is 383. The van der Waals surface area contributed by atoms with E-state index in [1.807, 2.05) is 4.90 Å². The van der Waals surface area contributed by atoms with E-state index in [4.69, 9.17) is 0 Å². The van der Waals surface area contributed by atoms with Gasteiger partial charge in [0.05, 0.1) is 12.0 Å². The first kappa shape index (κ1) is 17.3. The fourth-order valence-corrected chi connectivity index (χ4v) is 3.53. The van der Waals surface area contributed by atoms with Gasteiger partial charge in [-0.05, 0) is 32.1 Å². The third-order valence-electron chi connectivity index (χ3n) is 5.06. The number of aliphatic hydroxyl groups is 1. The van der Waals surface area contributed by atoms with Crippen LogP contribution in [0.4, 0.5) is 0 Å². The highest BCUT2D eigenvalue weighted by molar-refractivity contribution is 5.80. The van der Waals surface area contributed by atoms with Gasteiger partial charge in [0.25, 0.3) is 0 Å². The predicted octanol–water partition coefficient (Wildman–Crippen LogP) is 1.84. The van der Waals surface area contributed by atoms with E-state index in [0.717, 1.165) is 57.9 Å². The standard InChI is InChI=1S/C17H30N2O3/c1-2-3-10-18-16(21)14-6-11-19(12-7-14)15(20)13-17(22)8-4-5-9-17/h14,22H,2-13H2,1H3,(H,18,21). The molecule has 1 aliphatic carbocycles. The third-order valence-corrected chi connectivity index (χ3v) is 5.06. The lowest BCUT2D eigenvalue weighted by Gasteiger charge is -2.33. The lowest BCUT2D eigenvalue weighted by molar-refractivity contribution is -0.139. The number of carbonyl (C=O) groups is 2. The van der Waals surface area contributed by atoms with Crippen LogP contribution in [0.1, 0.15) is 64.7 Å². The molecule has 1 saturated heterocycles. The summed E-state index contributed by atoms with van der Waals surface area (Å²) >= 11 is 0. The van der Waals surface area contributed by atoms with Gasteiger partial charge in [0.2, 0.25) is 11.8 Å². The largest absolute Gasteiger partial charge is 0.389 e. The molecule has 22 heavy (non-hydrogen) atoms. The molecule has 2 amide bonds. The molecule has 0 bridgehead atoms. The van der Waals surface area contributed by atoms with Crippen molar-refractivity contribution in [1.82, 2.24) is 10.2 Å². The van der Waals surface area contributed by atoms with Crippen molar-refractivity contribution in [2.75, 3.05) is 19.6 Å². The average molecular weight is 310 g/mol. The number of carbonyl (C=O) groups excluding carboxylic acids is 2. The molecule has 0 spiro atoms. The monoisotopic (exact) mass is 310 g/mol. The van der Waals surface area contributed by atoms with Crippen LogP contribution in [0.15, 0.2) is 0 Å². The van der Waals surface area contributed by atoms with Gasteiger partial charge in [0, 0.05) is 25.6 Å². The molecule has 2 fully saturated rings. The van der Waals surface area contributed by atoms with Gasteiger partial charge in [-0.25, -0.2) is 0 Å². The van der Waals surface area contributed by atoms with E-state index in [9.17, 15) is 14.7 Å². The number of rotatable bonds is 6. The van der Waals surface area contributed by atoms with Gasteiger partial charge < -0.3 is 15.3 Å². The lowest BCUT2D eigenvalue weighted by atomic mass is 9.93. The minimum atomic E-state index is -0.772. The van der Waals surface area contributed by atoms with Gasteiger partial charge in [-0.1, -0.05) is 26.2 Å². The van der Waals surface area contributed by atoms with Gasteiger partial charge in [-0.15, -0.1) is 0 Å². The van der Waals surface area contributed by atoms with Crippen molar-refractivity contribution in [2.24, 2.45) is 5.92 Å². The molecule has 2 rings (SSSR count). The molecule has 1 aliphatic heterocycles. The summed E-state index contributed by atoms with van der Waals surface area (Å²) in [4.78, 5) is 26.2. The number of piperidine rings is 1. The van der Waals surface area contributed by atoms with E-state index < -0.39 is 5.60 Å². The fraction of sp³-hybridized carbons (Fsp3) is 0.882. The summed E-state index contributed by atoms with van der Waals surface area (Å²) < 4.78 is 0. The van der Waals surface area contributed by atoms with Gasteiger partial charge >= 0.3 is 0 Å². The Morgan fingerprint density at radius 1 is 1.23 bits per heavy atom. The molecule has 1 saturated carbocycles. The van der Waals surface area contributed by atoms with Crippen molar-refractivity contribution in [3.05, 3.63) is 0 Å². The number of likely N-dealkylation sites (tertiary alicyclic amines) is 1. The van der Waals surface area contributed by atoms with Crippen molar-refractivity contribution in [3.8, 4) is 0 Å². The van der Waals surface area contributed by atoms with Gasteiger partial charge in [0.1, 0.15) is 0 Å². The highest BCUT2D eigenvalue weighted by Gasteiger charge is 2.36. The van der Waals surface area contributed by atoms with E-state index in [1.54, 1.807) is 0 Å². The Morgan fingerprint density at radius 3 is 2.45 bits per heavy atom. The van der Waals surface area contributed by atoms with E-state index in [2.05, 4.69) is 12.2 Å². The van der Waals surface area contributed by atoms with Crippen LogP contribution in [0.2, 0.25) is 0 Å². The molecular formula is C17H30N2O3. The molecular weight excluding hydrogens is 280 g/mol. The normalized spacial score (nSPS) is 21.8. The minimum Gasteiger partial charge on any atom is -0.389 e. The Hall–Kier alpha value is -1.10. The van der Waals surface area contributed by atoms with E-state index >= 15 is 0 Å². The number of nitrogens with one attached hydrogen (secondary N) is 1. The van der Waals surface area contributed by atoms with Crippen LogP contribution >= 0.6 is 0 Å². The van der Waals surface area contributed by atoms with Crippen LogP contribution in [-0.4, -0.2) is 47.1 Å². The minimum absolute atomic E-state index is 0.0375. The molecule has 2 N–H and O–H groups in total. The summed E-state index contributed by atoms with van der Waals surface area (Å²) in [5.74, 6) is 0.222. The molecule has 0 radical (unpaired) electrons. The Kier molecular flexibility index (Phi) is 6.24. The maximum absolute atomic E-state index is 12.3. The van der Waals surface area contributed by atoms with Crippen LogP contribution in [0.5, 0.6) is 0 Å². The summed E-state index contributed by atoms with van der Waals surface area (Å²) in [7, 11) is 0. The average Bonchev–Trinajstić information content (AvgIpc) is 2.94.